The van der Waals surface area contributed by atoms with Crippen LogP contribution in [0.25, 0.3) is 0 Å². The molecule has 0 aliphatic heterocycles. The molecule has 0 saturated carbocycles. The van der Waals surface area contributed by atoms with Crippen LogP contribution in [0.15, 0.2) is 18.5 Å². The Morgan fingerprint density at radius 3 is 2.78 bits per heavy atom. The van der Waals surface area contributed by atoms with E-state index in [-0.39, 0.29) is 5.91 Å². The number of aromatic nitrogens is 1. The number of nitrogens with zero attached hydrogens (tertiary/aromatic N) is 1. The first kappa shape index (κ1) is 14.8. The van der Waals surface area contributed by atoms with E-state index in [9.17, 15) is 4.79 Å². The number of hydrogen-bond acceptors (Lipinski definition) is 2. The number of carbonyl (C=O) groups is 1. The molecule has 1 rings (SSSR count). The third kappa shape index (κ3) is 4.53. The zero-order valence-electron chi connectivity index (χ0n) is 11.7. The van der Waals surface area contributed by atoms with E-state index in [0.717, 1.165) is 25.8 Å². The Kier molecular flexibility index (Phi) is 6.50. The molecule has 102 valence electrons. The number of hydrogen-bond donors (Lipinski definition) is 2. The molecule has 4 heteroatoms. The van der Waals surface area contributed by atoms with Crippen molar-refractivity contribution in [2.24, 2.45) is 0 Å². The normalized spacial score (nSPS) is 12.4. The van der Waals surface area contributed by atoms with E-state index >= 15 is 0 Å². The maximum atomic E-state index is 11.3. The molecule has 0 aliphatic rings. The second-order valence-electron chi connectivity index (χ2n) is 4.59. The summed E-state index contributed by atoms with van der Waals surface area (Å²) in [5, 5.41) is 6.19. The highest BCUT2D eigenvalue weighted by molar-refractivity contribution is 5.75. The number of nitrogens with one attached hydrogen (secondary N) is 2. The lowest BCUT2D eigenvalue weighted by Gasteiger charge is -2.16. The van der Waals surface area contributed by atoms with E-state index < -0.39 is 0 Å². The first-order valence-electron chi connectivity index (χ1n) is 6.80. The van der Waals surface area contributed by atoms with Crippen LogP contribution in [0.5, 0.6) is 0 Å². The molecule has 0 saturated heterocycles. The van der Waals surface area contributed by atoms with E-state index in [1.807, 2.05) is 10.8 Å². The molecule has 0 spiro atoms. The zero-order chi connectivity index (χ0) is 13.4. The largest absolute Gasteiger partial charge is 0.358 e. The lowest BCUT2D eigenvalue weighted by Crippen LogP contribution is -2.23. The summed E-state index contributed by atoms with van der Waals surface area (Å²) in [7, 11) is 1.66. The van der Waals surface area contributed by atoms with Gasteiger partial charge in [0.2, 0.25) is 5.91 Å². The number of likely N-dealkylation sites (N-methyl/N-ethyl adjacent to an activating group) is 1. The van der Waals surface area contributed by atoms with Gasteiger partial charge in [-0.3, -0.25) is 4.79 Å². The molecule has 0 radical (unpaired) electrons. The molecule has 2 N–H and O–H groups in total. The first-order valence-corrected chi connectivity index (χ1v) is 6.80. The molecule has 0 aliphatic carbocycles. The van der Waals surface area contributed by atoms with Crippen molar-refractivity contribution in [3.05, 3.63) is 24.0 Å². The fourth-order valence-electron chi connectivity index (χ4n) is 2.00. The highest BCUT2D eigenvalue weighted by Crippen LogP contribution is 2.18. The summed E-state index contributed by atoms with van der Waals surface area (Å²) in [5.41, 5.74) is 1.27. The Bertz CT molecular complexity index is 360. The molecule has 0 aromatic carbocycles. The van der Waals surface area contributed by atoms with Crippen molar-refractivity contribution >= 4 is 5.91 Å². The summed E-state index contributed by atoms with van der Waals surface area (Å²) < 4.78 is 1.93. The lowest BCUT2D eigenvalue weighted by atomic mass is 10.1. The summed E-state index contributed by atoms with van der Waals surface area (Å²) in [6.45, 7) is 5.79. The monoisotopic (exact) mass is 251 g/mol. The predicted molar refractivity (Wildman–Crippen MR) is 74.4 cm³/mol. The smallest absolute Gasteiger partial charge is 0.239 e. The van der Waals surface area contributed by atoms with Crippen LogP contribution in [0.3, 0.4) is 0 Å². The van der Waals surface area contributed by atoms with Crippen molar-refractivity contribution < 1.29 is 4.79 Å². The summed E-state index contributed by atoms with van der Waals surface area (Å²) in [5.74, 6) is 0.0331. The number of rotatable bonds is 8. The Morgan fingerprint density at radius 1 is 1.39 bits per heavy atom. The van der Waals surface area contributed by atoms with Gasteiger partial charge >= 0.3 is 0 Å². The van der Waals surface area contributed by atoms with Crippen LogP contribution in [0.1, 0.15) is 44.7 Å². The van der Waals surface area contributed by atoms with Gasteiger partial charge in [-0.1, -0.05) is 20.3 Å². The van der Waals surface area contributed by atoms with E-state index in [2.05, 4.69) is 36.7 Å². The van der Waals surface area contributed by atoms with Gasteiger partial charge in [0.05, 0.1) is 0 Å². The summed E-state index contributed by atoms with van der Waals surface area (Å²) in [6.07, 6.45) is 7.46. The maximum Gasteiger partial charge on any atom is 0.239 e. The second-order valence-corrected chi connectivity index (χ2v) is 4.59. The topological polar surface area (TPSA) is 46.1 Å². The fraction of sp³-hybridized carbons (Fsp3) is 0.643. The lowest BCUT2D eigenvalue weighted by molar-refractivity contribution is -0.121. The van der Waals surface area contributed by atoms with Gasteiger partial charge < -0.3 is 15.2 Å². The van der Waals surface area contributed by atoms with Crippen LogP contribution >= 0.6 is 0 Å². The molecular weight excluding hydrogens is 226 g/mol. The van der Waals surface area contributed by atoms with Crippen LogP contribution < -0.4 is 10.6 Å². The predicted octanol–water partition coefficient (Wildman–Crippen LogP) is 2.07. The maximum absolute atomic E-state index is 11.3. The Labute approximate surface area is 110 Å². The Balaban J connectivity index is 2.64. The second kappa shape index (κ2) is 7.93. The molecule has 1 aromatic rings. The molecule has 1 heterocycles. The van der Waals surface area contributed by atoms with Gasteiger partial charge in [0.1, 0.15) is 6.54 Å². The first-order chi connectivity index (χ1) is 8.71. The van der Waals surface area contributed by atoms with Gasteiger partial charge in [-0.05, 0) is 31.0 Å². The van der Waals surface area contributed by atoms with E-state index in [4.69, 9.17) is 0 Å². The van der Waals surface area contributed by atoms with Crippen molar-refractivity contribution in [1.29, 1.82) is 0 Å². The van der Waals surface area contributed by atoms with Crippen LogP contribution in [0.4, 0.5) is 0 Å². The van der Waals surface area contributed by atoms with Gasteiger partial charge in [-0.25, -0.2) is 0 Å². The van der Waals surface area contributed by atoms with E-state index in [1.165, 1.54) is 5.56 Å². The van der Waals surface area contributed by atoms with Crippen LogP contribution in [-0.2, 0) is 11.3 Å². The molecule has 18 heavy (non-hydrogen) atoms. The fourth-order valence-corrected chi connectivity index (χ4v) is 2.00. The average molecular weight is 251 g/mol. The van der Waals surface area contributed by atoms with Crippen LogP contribution in [0.2, 0.25) is 0 Å². The summed E-state index contributed by atoms with van der Waals surface area (Å²) in [6, 6.07) is 2.51. The molecule has 1 amide bonds. The van der Waals surface area contributed by atoms with E-state index in [0.29, 0.717) is 12.6 Å². The highest BCUT2D eigenvalue weighted by Gasteiger charge is 2.11. The number of amides is 1. The van der Waals surface area contributed by atoms with Crippen LogP contribution in [0, 0.1) is 0 Å². The van der Waals surface area contributed by atoms with Gasteiger partial charge in [0.25, 0.3) is 0 Å². The minimum absolute atomic E-state index is 0.0331. The molecule has 0 fully saturated rings. The van der Waals surface area contributed by atoms with Crippen molar-refractivity contribution in [2.75, 3.05) is 13.6 Å². The van der Waals surface area contributed by atoms with Crippen molar-refractivity contribution in [1.82, 2.24) is 15.2 Å². The summed E-state index contributed by atoms with van der Waals surface area (Å²) >= 11 is 0. The quantitative estimate of drug-likeness (QED) is 0.743. The molecule has 4 nitrogen and oxygen atoms in total. The van der Waals surface area contributed by atoms with Crippen LogP contribution in [-0.4, -0.2) is 24.1 Å². The van der Waals surface area contributed by atoms with Crippen molar-refractivity contribution in [2.45, 2.75) is 45.7 Å². The van der Waals surface area contributed by atoms with Gasteiger partial charge in [0, 0.05) is 25.5 Å². The summed E-state index contributed by atoms with van der Waals surface area (Å²) in [4.78, 5) is 11.3. The average Bonchev–Trinajstić information content (AvgIpc) is 2.82. The minimum Gasteiger partial charge on any atom is -0.358 e. The molecule has 1 atom stereocenters. The van der Waals surface area contributed by atoms with Gasteiger partial charge in [-0.15, -0.1) is 0 Å². The molecule has 1 aromatic heterocycles. The number of carbonyl (C=O) groups excluding carboxylic acids is 1. The third-order valence-electron chi connectivity index (χ3n) is 3.00. The van der Waals surface area contributed by atoms with E-state index in [1.54, 1.807) is 7.05 Å². The van der Waals surface area contributed by atoms with Crippen molar-refractivity contribution in [3.8, 4) is 0 Å². The zero-order valence-corrected chi connectivity index (χ0v) is 11.7. The minimum atomic E-state index is 0.0331. The van der Waals surface area contributed by atoms with Gasteiger partial charge in [0.15, 0.2) is 0 Å². The SMILES string of the molecule is CCCNC(CCC)c1ccn(CC(=O)NC)c1. The Hall–Kier alpha value is -1.29. The molecular formula is C14H25N3O. The Morgan fingerprint density at radius 2 is 2.17 bits per heavy atom. The van der Waals surface area contributed by atoms with Gasteiger partial charge in [-0.2, -0.15) is 0 Å². The highest BCUT2D eigenvalue weighted by atomic mass is 16.1. The standard InChI is InChI=1S/C14H25N3O/c1-4-6-13(16-8-5-2)12-7-9-17(10-12)11-14(18)15-3/h7,9-10,13,16H,4-6,8,11H2,1-3H3,(H,15,18). The molecule has 0 bridgehead atoms. The third-order valence-corrected chi connectivity index (χ3v) is 3.00. The van der Waals surface area contributed by atoms with Crippen molar-refractivity contribution in [3.63, 3.8) is 0 Å². The molecule has 1 unspecified atom stereocenters.